The molecule has 368 valence electrons. The van der Waals surface area contributed by atoms with Gasteiger partial charge in [0.15, 0.2) is 18.7 Å². The van der Waals surface area contributed by atoms with Crippen LogP contribution in [0, 0.1) is 13.8 Å². The highest BCUT2D eigenvalue weighted by molar-refractivity contribution is 7.95. The topological polar surface area (TPSA) is 217 Å². The predicted molar refractivity (Wildman–Crippen MR) is 217 cm³/mol. The molecule has 0 spiro atoms. The highest BCUT2D eigenvalue weighted by Crippen LogP contribution is 2.51. The first-order chi connectivity index (χ1) is 30.1. The Morgan fingerprint density at radius 2 is 0.818 bits per heavy atom. The average Bonchev–Trinajstić information content (AvgIpc) is 3.75. The van der Waals surface area contributed by atoms with Gasteiger partial charge in [0.05, 0.1) is 11.4 Å². The quantitative estimate of drug-likeness (QED) is 0.0585. The van der Waals surface area contributed by atoms with Crippen molar-refractivity contribution >= 4 is 76.2 Å². The summed E-state index contributed by atoms with van der Waals surface area (Å²) >= 11 is 1.26. The summed E-state index contributed by atoms with van der Waals surface area (Å²) in [6.07, 6.45) is -21.0. The predicted octanol–water partition coefficient (Wildman–Crippen LogP) is 9.39. The van der Waals surface area contributed by atoms with Crippen LogP contribution in [0.5, 0.6) is 0 Å². The zero-order valence-corrected chi connectivity index (χ0v) is 37.5. The second kappa shape index (κ2) is 20.6. The summed E-state index contributed by atoms with van der Waals surface area (Å²) in [6, 6.07) is 3.88. The number of hydrogen-bond donors (Lipinski definition) is 6. The third-order valence-corrected chi connectivity index (χ3v) is 14.9. The maximum absolute atomic E-state index is 13.0. The molecule has 0 aliphatic heterocycles. The molecule has 2 amide bonds. The molecule has 0 bridgehead atoms. The number of aromatic nitrogens is 2. The molecule has 0 radical (unpaired) electrons. The lowest BCUT2D eigenvalue weighted by Crippen LogP contribution is -2.53. The zero-order chi connectivity index (χ0) is 50.5. The summed E-state index contributed by atoms with van der Waals surface area (Å²) in [4.78, 5) is 31.5. The van der Waals surface area contributed by atoms with E-state index in [2.05, 4.69) is 20.6 Å². The van der Waals surface area contributed by atoms with Crippen LogP contribution in [0.25, 0.3) is 0 Å². The van der Waals surface area contributed by atoms with Crippen molar-refractivity contribution in [2.75, 3.05) is 20.1 Å². The second-order valence-electron chi connectivity index (χ2n) is 13.9. The van der Waals surface area contributed by atoms with Crippen molar-refractivity contribution in [2.45, 2.75) is 111 Å². The van der Waals surface area contributed by atoms with Crippen LogP contribution in [0.2, 0.25) is 0 Å². The van der Waals surface area contributed by atoms with Crippen LogP contribution < -0.4 is 20.1 Å². The van der Waals surface area contributed by atoms with Crippen molar-refractivity contribution in [2.24, 2.45) is 0 Å². The van der Waals surface area contributed by atoms with Gasteiger partial charge in [-0.3, -0.25) is 19.0 Å². The Hall–Kier alpha value is -4.78. The zero-order valence-electron chi connectivity index (χ0n) is 34.3. The van der Waals surface area contributed by atoms with E-state index in [4.69, 9.17) is 0 Å². The van der Waals surface area contributed by atoms with Crippen LogP contribution in [0.15, 0.2) is 56.9 Å². The molecule has 66 heavy (non-hydrogen) atoms. The fraction of sp³-hybridized carbons (Fsp3) is 0.444. The maximum atomic E-state index is 13.0. The number of nitrogens with one attached hydrogen (secondary N) is 4. The molecule has 30 heteroatoms. The van der Waals surface area contributed by atoms with E-state index in [0.29, 0.717) is 84.0 Å². The van der Waals surface area contributed by atoms with Gasteiger partial charge in [-0.05, 0) is 51.0 Å². The maximum Gasteiger partial charge on any atom is 0.430 e. The third-order valence-electron chi connectivity index (χ3n) is 8.75. The van der Waals surface area contributed by atoms with E-state index in [1.807, 2.05) is 23.3 Å². The first-order valence-corrected chi connectivity index (χ1v) is 23.2. The number of aliphatic hydroxyl groups is 2. The number of alkyl halides is 12. The SMILES string of the molecule is CCCCC(=O)Nc1nc(C)c(S(=O)(=O)Nc2ccc(C(O)(C(F)(F)F)C(F)(F)F)cc2)s1.CCCCC(=O)Nc1nc(C)c(S(=O)(=O)Nc2ccc(C(O)(C(F)(F)F)C(F)(F)F)cc2)s1. The largest absolute Gasteiger partial charge is 0.430 e. The number of anilines is 4. The number of unbranched alkanes of at least 4 members (excludes halogenated alkanes) is 2. The van der Waals surface area contributed by atoms with E-state index in [9.17, 15) is 89.3 Å². The highest BCUT2D eigenvalue weighted by atomic mass is 32.3. The molecule has 4 aromatic rings. The minimum absolute atomic E-state index is 0.0183. The van der Waals surface area contributed by atoms with Gasteiger partial charge in [-0.15, -0.1) is 0 Å². The van der Waals surface area contributed by atoms with Crippen LogP contribution in [-0.2, 0) is 40.8 Å². The lowest BCUT2D eigenvalue weighted by molar-refractivity contribution is -0.376. The van der Waals surface area contributed by atoms with Crippen molar-refractivity contribution in [3.63, 3.8) is 0 Å². The summed E-state index contributed by atoms with van der Waals surface area (Å²) < 4.78 is 210. The Morgan fingerprint density at radius 1 is 0.545 bits per heavy atom. The highest BCUT2D eigenvalue weighted by Gasteiger charge is 2.72. The lowest BCUT2D eigenvalue weighted by atomic mass is 9.92. The van der Waals surface area contributed by atoms with Crippen molar-refractivity contribution < 1.29 is 89.3 Å². The van der Waals surface area contributed by atoms with Gasteiger partial charge in [0.2, 0.25) is 11.8 Å². The number of carbonyl (C=O) groups excluding carboxylic acids is 2. The van der Waals surface area contributed by atoms with E-state index in [1.165, 1.54) is 13.8 Å². The molecule has 0 saturated heterocycles. The van der Waals surface area contributed by atoms with Crippen LogP contribution in [0.4, 0.5) is 74.3 Å². The monoisotopic (exact) mass is 1040 g/mol. The summed E-state index contributed by atoms with van der Waals surface area (Å²) in [5, 5.41) is 23.7. The van der Waals surface area contributed by atoms with Gasteiger partial charge in [-0.25, -0.2) is 26.8 Å². The molecule has 2 aromatic heterocycles. The number of amides is 2. The normalized spacial score (nSPS) is 13.1. The van der Waals surface area contributed by atoms with Crippen LogP contribution >= 0.6 is 22.7 Å². The molecule has 0 aliphatic carbocycles. The summed E-state index contributed by atoms with van der Waals surface area (Å²) in [5.74, 6) is -0.722. The Morgan fingerprint density at radius 3 is 1.06 bits per heavy atom. The smallest absolute Gasteiger partial charge is 0.369 e. The minimum atomic E-state index is -6.07. The molecular formula is C36H38F12N6O8S4. The van der Waals surface area contributed by atoms with E-state index in [1.54, 1.807) is 0 Å². The van der Waals surface area contributed by atoms with E-state index < -0.39 is 67.1 Å². The van der Waals surface area contributed by atoms with Gasteiger partial charge >= 0.3 is 24.7 Å². The third kappa shape index (κ3) is 12.8. The molecule has 2 heterocycles. The number of nitrogens with zero attached hydrogens (tertiary/aromatic N) is 2. The first kappa shape index (κ1) is 55.5. The number of aryl methyl sites for hydroxylation is 2. The number of thiazole rings is 2. The van der Waals surface area contributed by atoms with Gasteiger partial charge in [0.1, 0.15) is 0 Å². The van der Waals surface area contributed by atoms with Crippen molar-refractivity contribution in [3.05, 3.63) is 71.0 Å². The Kier molecular flexibility index (Phi) is 17.3. The molecule has 0 atom stereocenters. The fourth-order valence-corrected chi connectivity index (χ4v) is 10.3. The van der Waals surface area contributed by atoms with Gasteiger partial charge in [-0.2, -0.15) is 52.7 Å². The van der Waals surface area contributed by atoms with E-state index in [0.717, 1.165) is 12.8 Å². The van der Waals surface area contributed by atoms with Crippen molar-refractivity contribution in [1.82, 2.24) is 9.97 Å². The molecule has 14 nitrogen and oxygen atoms in total. The average molecular weight is 1040 g/mol. The number of carbonyl (C=O) groups is 2. The molecule has 0 saturated carbocycles. The Balaban J connectivity index is 0.000000350. The number of halogens is 12. The number of benzene rings is 2. The molecule has 0 unspecified atom stereocenters. The van der Waals surface area contributed by atoms with Crippen LogP contribution in [0.1, 0.15) is 74.9 Å². The van der Waals surface area contributed by atoms with Crippen LogP contribution in [-0.4, -0.2) is 73.5 Å². The molecule has 0 fully saturated rings. The van der Waals surface area contributed by atoms with Crippen molar-refractivity contribution in [3.8, 4) is 0 Å². The standard InChI is InChI=1S/2C18H19F6N3O4S2/c2*1-3-4-5-13(28)26-15-25-10(2)14(32-15)33(30,31)27-12-8-6-11(7-9-12)16(29,17(19,20)21)18(22,23)24/h2*6-9,27,29H,3-5H2,1-2H3,(H,25,26,28). The molecular weight excluding hydrogens is 1000 g/mol. The Bertz CT molecular complexity index is 2340. The van der Waals surface area contributed by atoms with Crippen molar-refractivity contribution in [1.29, 1.82) is 0 Å². The minimum Gasteiger partial charge on any atom is -0.369 e. The summed E-state index contributed by atoms with van der Waals surface area (Å²) in [5.41, 5.74) is -14.0. The Labute approximate surface area is 376 Å². The second-order valence-corrected chi connectivity index (χ2v) is 19.6. The van der Waals surface area contributed by atoms with Gasteiger partial charge in [0.25, 0.3) is 31.2 Å². The van der Waals surface area contributed by atoms with Crippen LogP contribution in [0.3, 0.4) is 0 Å². The fourth-order valence-electron chi connectivity index (χ4n) is 5.35. The first-order valence-electron chi connectivity index (χ1n) is 18.6. The number of hydrogen-bond acceptors (Lipinski definition) is 12. The summed E-state index contributed by atoms with van der Waals surface area (Å²) in [6.45, 7) is 6.47. The van der Waals surface area contributed by atoms with Gasteiger partial charge in [-0.1, -0.05) is 73.6 Å². The molecule has 4 rings (SSSR count). The van der Waals surface area contributed by atoms with E-state index in [-0.39, 0.29) is 66.1 Å². The van der Waals surface area contributed by atoms with Gasteiger partial charge in [0, 0.05) is 35.3 Å². The van der Waals surface area contributed by atoms with E-state index >= 15 is 0 Å². The molecule has 6 N–H and O–H groups in total. The number of sulfonamides is 2. The van der Waals surface area contributed by atoms with Gasteiger partial charge < -0.3 is 20.8 Å². The molecule has 0 aliphatic rings. The number of rotatable bonds is 16. The summed E-state index contributed by atoms with van der Waals surface area (Å²) in [7, 11) is -8.67. The molecule has 2 aromatic carbocycles. The lowest BCUT2D eigenvalue weighted by Gasteiger charge is -2.32.